The number of aromatic hydroxyl groups is 1. The van der Waals surface area contributed by atoms with Crippen LogP contribution in [0.2, 0.25) is 0 Å². The van der Waals surface area contributed by atoms with E-state index < -0.39 is 5.97 Å². The number of likely N-dealkylation sites (tertiary alicyclic amines) is 1. The van der Waals surface area contributed by atoms with Crippen LogP contribution < -0.4 is 0 Å². The Bertz CT molecular complexity index is 733. The van der Waals surface area contributed by atoms with Gasteiger partial charge in [-0.05, 0) is 42.7 Å². The Hall–Kier alpha value is -2.82. The van der Waals surface area contributed by atoms with Crippen molar-refractivity contribution in [3.05, 3.63) is 65.2 Å². The van der Waals surface area contributed by atoms with Crippen LogP contribution in [0.1, 0.15) is 39.1 Å². The van der Waals surface area contributed by atoms with E-state index in [0.717, 1.165) is 31.5 Å². The first-order valence-electron chi connectivity index (χ1n) is 7.98. The van der Waals surface area contributed by atoms with Crippen LogP contribution in [-0.2, 0) is 11.3 Å². The standard InChI is InChI=1S/C19H19NO4/c21-17-6-2-1-5-16(17)19(23)24-13-14-7-9-15(10-8-14)18(22)20-11-3-4-12-20/h1-2,5-10,21H,3-4,11-13H2. The molecule has 1 aliphatic rings. The zero-order chi connectivity index (χ0) is 16.9. The Morgan fingerprint density at radius 3 is 2.33 bits per heavy atom. The Kier molecular flexibility index (Phi) is 4.79. The lowest BCUT2D eigenvalue weighted by molar-refractivity contribution is 0.0469. The van der Waals surface area contributed by atoms with Gasteiger partial charge in [-0.25, -0.2) is 4.79 Å². The summed E-state index contributed by atoms with van der Waals surface area (Å²) in [5, 5.41) is 9.64. The van der Waals surface area contributed by atoms with Crippen LogP contribution in [0.25, 0.3) is 0 Å². The van der Waals surface area contributed by atoms with Crippen molar-refractivity contribution in [2.24, 2.45) is 0 Å². The number of phenols is 1. The van der Waals surface area contributed by atoms with Gasteiger partial charge < -0.3 is 14.7 Å². The van der Waals surface area contributed by atoms with Crippen LogP contribution in [0.15, 0.2) is 48.5 Å². The van der Waals surface area contributed by atoms with Crippen molar-refractivity contribution in [2.75, 3.05) is 13.1 Å². The van der Waals surface area contributed by atoms with Crippen LogP contribution in [0.3, 0.4) is 0 Å². The largest absolute Gasteiger partial charge is 0.507 e. The number of ether oxygens (including phenoxy) is 1. The van der Waals surface area contributed by atoms with Crippen molar-refractivity contribution in [2.45, 2.75) is 19.4 Å². The van der Waals surface area contributed by atoms with Crippen LogP contribution in [0, 0.1) is 0 Å². The molecule has 1 aliphatic heterocycles. The summed E-state index contributed by atoms with van der Waals surface area (Å²) < 4.78 is 5.20. The van der Waals surface area contributed by atoms with E-state index in [2.05, 4.69) is 0 Å². The molecule has 124 valence electrons. The maximum atomic E-state index is 12.3. The monoisotopic (exact) mass is 325 g/mol. The van der Waals surface area contributed by atoms with E-state index in [4.69, 9.17) is 4.74 Å². The summed E-state index contributed by atoms with van der Waals surface area (Å²) in [6.07, 6.45) is 2.12. The van der Waals surface area contributed by atoms with E-state index in [1.54, 1.807) is 36.4 Å². The molecular formula is C19H19NO4. The van der Waals surface area contributed by atoms with E-state index in [-0.39, 0.29) is 23.8 Å². The molecule has 0 atom stereocenters. The third-order valence-electron chi connectivity index (χ3n) is 4.09. The van der Waals surface area contributed by atoms with Gasteiger partial charge in [0.15, 0.2) is 0 Å². The highest BCUT2D eigenvalue weighted by atomic mass is 16.5. The fourth-order valence-electron chi connectivity index (χ4n) is 2.72. The SMILES string of the molecule is O=C(OCc1ccc(C(=O)N2CCCC2)cc1)c1ccccc1O. The summed E-state index contributed by atoms with van der Waals surface area (Å²) in [6.45, 7) is 1.73. The highest BCUT2D eigenvalue weighted by molar-refractivity contribution is 5.94. The molecule has 0 aromatic heterocycles. The summed E-state index contributed by atoms with van der Waals surface area (Å²) in [5.74, 6) is -0.635. The average molecular weight is 325 g/mol. The van der Waals surface area contributed by atoms with Crippen LogP contribution in [0.5, 0.6) is 5.75 Å². The van der Waals surface area contributed by atoms with Crippen LogP contribution >= 0.6 is 0 Å². The number of esters is 1. The zero-order valence-corrected chi connectivity index (χ0v) is 13.3. The van der Waals surface area contributed by atoms with Crippen molar-refractivity contribution in [1.82, 2.24) is 4.90 Å². The number of phenolic OH excluding ortho intramolecular Hbond substituents is 1. The molecular weight excluding hydrogens is 306 g/mol. The number of hydrogen-bond acceptors (Lipinski definition) is 4. The normalized spacial score (nSPS) is 13.8. The first-order valence-corrected chi connectivity index (χ1v) is 7.98. The first kappa shape index (κ1) is 16.1. The van der Waals surface area contributed by atoms with Crippen LogP contribution in [0.4, 0.5) is 0 Å². The lowest BCUT2D eigenvalue weighted by Gasteiger charge is -2.15. The molecule has 0 radical (unpaired) electrons. The number of benzene rings is 2. The van der Waals surface area contributed by atoms with Crippen molar-refractivity contribution in [3.8, 4) is 5.75 Å². The molecule has 5 nitrogen and oxygen atoms in total. The van der Waals surface area contributed by atoms with Gasteiger partial charge in [0.2, 0.25) is 0 Å². The summed E-state index contributed by atoms with van der Waals surface area (Å²) in [5.41, 5.74) is 1.57. The highest BCUT2D eigenvalue weighted by Crippen LogP contribution is 2.18. The van der Waals surface area contributed by atoms with E-state index in [9.17, 15) is 14.7 Å². The fraction of sp³-hybridized carbons (Fsp3) is 0.263. The number of amides is 1. The molecule has 1 amide bonds. The Balaban J connectivity index is 1.59. The number of rotatable bonds is 4. The molecule has 24 heavy (non-hydrogen) atoms. The Morgan fingerprint density at radius 2 is 1.67 bits per heavy atom. The van der Waals surface area contributed by atoms with Gasteiger partial charge in [-0.3, -0.25) is 4.79 Å². The van der Waals surface area contributed by atoms with Gasteiger partial charge in [0.05, 0.1) is 0 Å². The second-order valence-electron chi connectivity index (χ2n) is 5.79. The maximum Gasteiger partial charge on any atom is 0.342 e. The molecule has 2 aromatic rings. The zero-order valence-electron chi connectivity index (χ0n) is 13.3. The minimum atomic E-state index is -0.578. The molecule has 0 bridgehead atoms. The van der Waals surface area contributed by atoms with Gasteiger partial charge in [0.25, 0.3) is 5.91 Å². The average Bonchev–Trinajstić information content (AvgIpc) is 3.14. The number of carbonyl (C=O) groups is 2. The van der Waals surface area contributed by atoms with Crippen molar-refractivity contribution in [1.29, 1.82) is 0 Å². The number of para-hydroxylation sites is 1. The van der Waals surface area contributed by atoms with Crippen LogP contribution in [-0.4, -0.2) is 35.0 Å². The molecule has 0 saturated carbocycles. The third-order valence-corrected chi connectivity index (χ3v) is 4.09. The summed E-state index contributed by atoms with van der Waals surface area (Å²) in [6, 6.07) is 13.3. The van der Waals surface area contributed by atoms with Gasteiger partial charge in [-0.15, -0.1) is 0 Å². The molecule has 0 aliphatic carbocycles. The highest BCUT2D eigenvalue weighted by Gasteiger charge is 2.19. The molecule has 1 heterocycles. The molecule has 0 unspecified atom stereocenters. The van der Waals surface area contributed by atoms with Crippen molar-refractivity contribution in [3.63, 3.8) is 0 Å². The second-order valence-corrected chi connectivity index (χ2v) is 5.79. The molecule has 0 spiro atoms. The molecule has 2 aromatic carbocycles. The quantitative estimate of drug-likeness (QED) is 0.878. The third kappa shape index (κ3) is 3.56. The van der Waals surface area contributed by atoms with Gasteiger partial charge in [-0.1, -0.05) is 24.3 Å². The fourth-order valence-corrected chi connectivity index (χ4v) is 2.72. The van der Waals surface area contributed by atoms with E-state index >= 15 is 0 Å². The Morgan fingerprint density at radius 1 is 1.00 bits per heavy atom. The first-order chi connectivity index (χ1) is 11.6. The topological polar surface area (TPSA) is 66.8 Å². The van der Waals surface area contributed by atoms with E-state index in [1.165, 1.54) is 12.1 Å². The smallest absolute Gasteiger partial charge is 0.342 e. The number of carbonyl (C=O) groups excluding carboxylic acids is 2. The minimum Gasteiger partial charge on any atom is -0.507 e. The van der Waals surface area contributed by atoms with Gasteiger partial charge in [0, 0.05) is 18.7 Å². The summed E-state index contributed by atoms with van der Waals surface area (Å²) >= 11 is 0. The van der Waals surface area contributed by atoms with Gasteiger partial charge >= 0.3 is 5.97 Å². The summed E-state index contributed by atoms with van der Waals surface area (Å²) in [4.78, 5) is 26.1. The predicted molar refractivity (Wildman–Crippen MR) is 88.8 cm³/mol. The maximum absolute atomic E-state index is 12.3. The molecule has 1 fully saturated rings. The van der Waals surface area contributed by atoms with E-state index in [0.29, 0.717) is 5.56 Å². The van der Waals surface area contributed by atoms with Gasteiger partial charge in [-0.2, -0.15) is 0 Å². The Labute approximate surface area is 140 Å². The number of nitrogens with zero attached hydrogens (tertiary/aromatic N) is 1. The molecule has 1 N–H and O–H groups in total. The van der Waals surface area contributed by atoms with Gasteiger partial charge in [0.1, 0.15) is 17.9 Å². The minimum absolute atomic E-state index is 0.0465. The van der Waals surface area contributed by atoms with Crippen molar-refractivity contribution >= 4 is 11.9 Å². The summed E-state index contributed by atoms with van der Waals surface area (Å²) in [7, 11) is 0. The van der Waals surface area contributed by atoms with E-state index in [1.807, 2.05) is 4.90 Å². The lowest BCUT2D eigenvalue weighted by Crippen LogP contribution is -2.27. The molecule has 5 heteroatoms. The molecule has 1 saturated heterocycles. The molecule has 3 rings (SSSR count). The number of hydrogen-bond donors (Lipinski definition) is 1. The second kappa shape index (κ2) is 7.17. The lowest BCUT2D eigenvalue weighted by atomic mass is 10.1. The van der Waals surface area contributed by atoms with Crippen molar-refractivity contribution < 1.29 is 19.4 Å². The predicted octanol–water partition coefficient (Wildman–Crippen LogP) is 2.99.